The van der Waals surface area contributed by atoms with Crippen LogP contribution in [0.3, 0.4) is 0 Å². The Balaban J connectivity index is 1.95. The van der Waals surface area contributed by atoms with Crippen molar-refractivity contribution < 1.29 is 4.39 Å². The molecule has 4 heteroatoms. The van der Waals surface area contributed by atoms with Crippen LogP contribution < -0.4 is 5.32 Å². The number of nitrogens with zero attached hydrogens (tertiary/aromatic N) is 1. The van der Waals surface area contributed by atoms with Crippen LogP contribution in [0.2, 0.25) is 5.02 Å². The van der Waals surface area contributed by atoms with Crippen LogP contribution in [0.25, 0.3) is 10.9 Å². The maximum Gasteiger partial charge on any atom is 0.123 e. The van der Waals surface area contributed by atoms with Crippen LogP contribution in [-0.2, 0) is 6.54 Å². The van der Waals surface area contributed by atoms with Crippen LogP contribution in [-0.4, -0.2) is 4.98 Å². The molecule has 0 fully saturated rings. The number of rotatable bonds is 3. The number of hydrogen-bond acceptors (Lipinski definition) is 2. The van der Waals surface area contributed by atoms with Crippen molar-refractivity contribution in [3.63, 3.8) is 0 Å². The molecule has 3 rings (SSSR count). The molecule has 3 aromatic rings. The maximum atomic E-state index is 12.9. The van der Waals surface area contributed by atoms with E-state index in [1.54, 1.807) is 18.3 Å². The molecule has 0 saturated heterocycles. The van der Waals surface area contributed by atoms with Crippen LogP contribution in [0.4, 0.5) is 10.1 Å². The molecule has 0 aliphatic carbocycles. The van der Waals surface area contributed by atoms with E-state index < -0.39 is 0 Å². The van der Waals surface area contributed by atoms with Crippen molar-refractivity contribution in [2.75, 3.05) is 5.32 Å². The van der Waals surface area contributed by atoms with E-state index in [4.69, 9.17) is 11.6 Å². The van der Waals surface area contributed by atoms with Crippen molar-refractivity contribution in [3.8, 4) is 0 Å². The lowest BCUT2D eigenvalue weighted by atomic mass is 10.1. The lowest BCUT2D eigenvalue weighted by Gasteiger charge is -2.13. The molecule has 1 N–H and O–H groups in total. The summed E-state index contributed by atoms with van der Waals surface area (Å²) in [6.07, 6.45) is 1.77. The van der Waals surface area contributed by atoms with Gasteiger partial charge in [-0.05, 0) is 48.4 Å². The lowest BCUT2D eigenvalue weighted by Crippen LogP contribution is -2.01. The highest BCUT2D eigenvalue weighted by molar-refractivity contribution is 6.35. The van der Waals surface area contributed by atoms with E-state index in [9.17, 15) is 4.39 Å². The van der Waals surface area contributed by atoms with Gasteiger partial charge in [0.1, 0.15) is 5.82 Å². The van der Waals surface area contributed by atoms with Gasteiger partial charge in [-0.25, -0.2) is 4.39 Å². The Hall–Kier alpha value is -2.13. The minimum absolute atomic E-state index is 0.234. The third-order valence-electron chi connectivity index (χ3n) is 3.42. The van der Waals surface area contributed by atoms with Gasteiger partial charge in [-0.1, -0.05) is 23.7 Å². The summed E-state index contributed by atoms with van der Waals surface area (Å²) in [5, 5.41) is 4.98. The first-order chi connectivity index (χ1) is 10.1. The van der Waals surface area contributed by atoms with Gasteiger partial charge in [-0.15, -0.1) is 0 Å². The van der Waals surface area contributed by atoms with Crippen molar-refractivity contribution in [1.29, 1.82) is 0 Å². The summed E-state index contributed by atoms with van der Waals surface area (Å²) < 4.78 is 12.9. The minimum Gasteiger partial charge on any atom is -0.379 e. The van der Waals surface area contributed by atoms with Gasteiger partial charge in [0.2, 0.25) is 0 Å². The van der Waals surface area contributed by atoms with Crippen molar-refractivity contribution >= 4 is 28.2 Å². The van der Waals surface area contributed by atoms with Crippen LogP contribution in [0.5, 0.6) is 0 Å². The third-order valence-corrected chi connectivity index (χ3v) is 3.71. The zero-order chi connectivity index (χ0) is 14.8. The average molecular weight is 301 g/mol. The molecule has 21 heavy (non-hydrogen) atoms. The third kappa shape index (κ3) is 2.83. The van der Waals surface area contributed by atoms with E-state index in [1.165, 1.54) is 12.1 Å². The fraction of sp³-hybridized carbons (Fsp3) is 0.118. The number of aromatic nitrogens is 1. The Morgan fingerprint density at radius 3 is 2.71 bits per heavy atom. The van der Waals surface area contributed by atoms with E-state index >= 15 is 0 Å². The van der Waals surface area contributed by atoms with E-state index in [0.29, 0.717) is 11.6 Å². The van der Waals surface area contributed by atoms with Gasteiger partial charge < -0.3 is 5.32 Å². The predicted molar refractivity (Wildman–Crippen MR) is 85.2 cm³/mol. The summed E-state index contributed by atoms with van der Waals surface area (Å²) in [5.41, 5.74) is 3.83. The smallest absolute Gasteiger partial charge is 0.123 e. The summed E-state index contributed by atoms with van der Waals surface area (Å²) in [7, 11) is 0. The maximum absolute atomic E-state index is 12.9. The van der Waals surface area contributed by atoms with E-state index in [1.807, 2.05) is 25.1 Å². The second-order valence-corrected chi connectivity index (χ2v) is 5.34. The van der Waals surface area contributed by atoms with Crippen LogP contribution >= 0.6 is 11.6 Å². The summed E-state index contributed by atoms with van der Waals surface area (Å²) in [6.45, 7) is 2.57. The molecule has 0 aliphatic rings. The topological polar surface area (TPSA) is 24.9 Å². The van der Waals surface area contributed by atoms with Crippen molar-refractivity contribution in [1.82, 2.24) is 4.98 Å². The standard InChI is InChI=1S/C17H14ClFN2/c1-11-9-15(18)17(14-3-2-8-20-16(11)14)21-10-12-4-6-13(19)7-5-12/h2-9,21H,10H2,1H3. The van der Waals surface area contributed by atoms with Gasteiger partial charge in [0.05, 0.1) is 16.2 Å². The number of halogens is 2. The molecule has 0 saturated carbocycles. The molecule has 0 unspecified atom stereocenters. The van der Waals surface area contributed by atoms with Gasteiger partial charge in [-0.2, -0.15) is 0 Å². The van der Waals surface area contributed by atoms with Gasteiger partial charge in [0.15, 0.2) is 0 Å². The van der Waals surface area contributed by atoms with Gasteiger partial charge in [-0.3, -0.25) is 4.98 Å². The average Bonchev–Trinajstić information content (AvgIpc) is 2.49. The van der Waals surface area contributed by atoms with E-state index in [-0.39, 0.29) is 5.82 Å². The first-order valence-electron chi connectivity index (χ1n) is 6.67. The Morgan fingerprint density at radius 1 is 1.19 bits per heavy atom. The normalized spacial score (nSPS) is 10.8. The van der Waals surface area contributed by atoms with Crippen molar-refractivity contribution in [2.24, 2.45) is 0 Å². The van der Waals surface area contributed by atoms with Crippen molar-refractivity contribution in [2.45, 2.75) is 13.5 Å². The van der Waals surface area contributed by atoms with Crippen molar-refractivity contribution in [3.05, 3.63) is 70.6 Å². The molecule has 1 aromatic heterocycles. The van der Waals surface area contributed by atoms with Crippen LogP contribution in [0, 0.1) is 12.7 Å². The molecule has 1 heterocycles. The fourth-order valence-corrected chi connectivity index (χ4v) is 2.69. The molecule has 0 amide bonds. The molecular formula is C17H14ClFN2. The molecular weight excluding hydrogens is 287 g/mol. The Kier molecular flexibility index (Phi) is 3.76. The number of hydrogen-bond donors (Lipinski definition) is 1. The van der Waals surface area contributed by atoms with Gasteiger partial charge in [0, 0.05) is 18.1 Å². The van der Waals surface area contributed by atoms with Crippen LogP contribution in [0.1, 0.15) is 11.1 Å². The number of fused-ring (bicyclic) bond motifs is 1. The summed E-state index contributed by atoms with van der Waals surface area (Å²) >= 11 is 6.35. The Morgan fingerprint density at radius 2 is 1.95 bits per heavy atom. The highest BCUT2D eigenvalue weighted by Gasteiger charge is 2.09. The van der Waals surface area contributed by atoms with Gasteiger partial charge >= 0.3 is 0 Å². The van der Waals surface area contributed by atoms with Gasteiger partial charge in [0.25, 0.3) is 0 Å². The first kappa shape index (κ1) is 13.8. The van der Waals surface area contributed by atoms with E-state index in [2.05, 4.69) is 10.3 Å². The second-order valence-electron chi connectivity index (χ2n) is 4.93. The molecule has 0 aliphatic heterocycles. The lowest BCUT2D eigenvalue weighted by molar-refractivity contribution is 0.627. The fourth-order valence-electron chi connectivity index (χ4n) is 2.35. The molecule has 0 radical (unpaired) electrons. The first-order valence-corrected chi connectivity index (χ1v) is 7.05. The zero-order valence-electron chi connectivity index (χ0n) is 11.5. The highest BCUT2D eigenvalue weighted by Crippen LogP contribution is 2.32. The molecule has 2 aromatic carbocycles. The molecule has 0 spiro atoms. The zero-order valence-corrected chi connectivity index (χ0v) is 12.3. The number of pyridine rings is 1. The summed E-state index contributed by atoms with van der Waals surface area (Å²) in [4.78, 5) is 4.40. The monoisotopic (exact) mass is 300 g/mol. The molecule has 106 valence electrons. The predicted octanol–water partition coefficient (Wildman–Crippen LogP) is 4.95. The van der Waals surface area contributed by atoms with Crippen LogP contribution in [0.15, 0.2) is 48.7 Å². The number of anilines is 1. The van der Waals surface area contributed by atoms with E-state index in [0.717, 1.165) is 27.7 Å². The highest BCUT2D eigenvalue weighted by atomic mass is 35.5. The summed E-state index contributed by atoms with van der Waals surface area (Å²) in [5.74, 6) is -0.234. The second kappa shape index (κ2) is 5.70. The Labute approximate surface area is 127 Å². The molecule has 0 bridgehead atoms. The minimum atomic E-state index is -0.234. The molecule has 0 atom stereocenters. The Bertz CT molecular complexity index is 785. The number of benzene rings is 2. The largest absolute Gasteiger partial charge is 0.379 e. The molecule has 2 nitrogen and oxygen atoms in total. The summed E-state index contributed by atoms with van der Waals surface area (Å²) in [6, 6.07) is 12.2. The number of aryl methyl sites for hydroxylation is 1. The SMILES string of the molecule is Cc1cc(Cl)c(NCc2ccc(F)cc2)c2cccnc12. The number of nitrogens with one attached hydrogen (secondary N) is 1. The quantitative estimate of drug-likeness (QED) is 0.740.